The Morgan fingerprint density at radius 1 is 0.623 bits per heavy atom. The summed E-state index contributed by atoms with van der Waals surface area (Å²) in [5, 5.41) is 28.7. The van der Waals surface area contributed by atoms with Crippen LogP contribution in [0, 0.1) is 0 Å². The fraction of sp³-hybridized carbons (Fsp3) is 0.182. The topological polar surface area (TPSA) is 113 Å². The minimum Gasteiger partial charge on any atom is -0.507 e. The van der Waals surface area contributed by atoms with Crippen LogP contribution >= 0.6 is 31.9 Å². The van der Waals surface area contributed by atoms with E-state index < -0.39 is 11.9 Å². The zero-order valence-corrected chi connectivity index (χ0v) is 32.2. The van der Waals surface area contributed by atoms with Crippen molar-refractivity contribution in [3.8, 4) is 17.2 Å². The highest BCUT2D eigenvalue weighted by atomic mass is 79.9. The first-order valence-corrected chi connectivity index (χ1v) is 18.9. The van der Waals surface area contributed by atoms with Crippen LogP contribution in [0.3, 0.4) is 0 Å². The summed E-state index contributed by atoms with van der Waals surface area (Å²) in [7, 11) is 1.65. The van der Waals surface area contributed by atoms with Gasteiger partial charge >= 0.3 is 11.9 Å². The maximum atomic E-state index is 11.4. The molecule has 3 N–H and O–H groups in total. The van der Waals surface area contributed by atoms with Gasteiger partial charge in [0, 0.05) is 20.1 Å². The van der Waals surface area contributed by atoms with Gasteiger partial charge in [-0.15, -0.1) is 0 Å². The second-order valence-corrected chi connectivity index (χ2v) is 14.7. The Bertz CT molecular complexity index is 2220. The lowest BCUT2D eigenvalue weighted by Gasteiger charge is -2.15. The summed E-state index contributed by atoms with van der Waals surface area (Å²) in [6.07, 6.45) is 5.67. The molecule has 0 saturated carbocycles. The molecule has 7 nitrogen and oxygen atoms in total. The van der Waals surface area contributed by atoms with Crippen molar-refractivity contribution in [2.24, 2.45) is 0 Å². The van der Waals surface area contributed by atoms with E-state index >= 15 is 0 Å². The number of benzene rings is 5. The molecule has 0 saturated heterocycles. The molecule has 0 aliphatic heterocycles. The van der Waals surface area contributed by atoms with Gasteiger partial charge in [0.05, 0.1) is 18.2 Å². The van der Waals surface area contributed by atoms with E-state index in [4.69, 9.17) is 14.6 Å². The number of phenols is 1. The summed E-state index contributed by atoms with van der Waals surface area (Å²) in [6.45, 7) is 0.454. The second-order valence-electron chi connectivity index (χ2n) is 12.8. The number of carboxylic acids is 2. The van der Waals surface area contributed by atoms with E-state index in [0.717, 1.165) is 97.9 Å². The molecule has 0 fully saturated rings. The van der Waals surface area contributed by atoms with E-state index in [1.54, 1.807) is 49.6 Å². The van der Waals surface area contributed by atoms with Crippen LogP contribution in [0.1, 0.15) is 87.1 Å². The van der Waals surface area contributed by atoms with Crippen molar-refractivity contribution in [2.75, 3.05) is 7.11 Å². The van der Waals surface area contributed by atoms with Gasteiger partial charge in [-0.25, -0.2) is 9.59 Å². The maximum absolute atomic E-state index is 11.4. The average Bonchev–Trinajstić information content (AvgIpc) is 3.87. The Morgan fingerprint density at radius 3 is 1.68 bits per heavy atom. The summed E-state index contributed by atoms with van der Waals surface area (Å²) in [5.41, 5.74) is 10.0. The number of carboxylic acid groups (broad SMARTS) is 2. The van der Waals surface area contributed by atoms with Crippen LogP contribution in [0.5, 0.6) is 17.2 Å². The monoisotopic (exact) mass is 836 g/mol. The quantitative estimate of drug-likeness (QED) is 0.128. The van der Waals surface area contributed by atoms with Crippen LogP contribution in [0.4, 0.5) is 0 Å². The highest BCUT2D eigenvalue weighted by molar-refractivity contribution is 9.10. The summed E-state index contributed by atoms with van der Waals surface area (Å²) < 4.78 is 13.3. The first kappa shape index (κ1) is 37.6. The molecule has 0 amide bonds. The first-order chi connectivity index (χ1) is 25.6. The van der Waals surface area contributed by atoms with Crippen LogP contribution in [-0.2, 0) is 6.61 Å². The van der Waals surface area contributed by atoms with E-state index in [0.29, 0.717) is 12.2 Å². The fourth-order valence-corrected chi connectivity index (χ4v) is 7.62. The zero-order chi connectivity index (χ0) is 37.5. The van der Waals surface area contributed by atoms with Crippen molar-refractivity contribution >= 4 is 66.1 Å². The third-order valence-electron chi connectivity index (χ3n) is 9.46. The molecule has 2 aliphatic carbocycles. The van der Waals surface area contributed by atoms with Crippen LogP contribution < -0.4 is 9.47 Å². The van der Waals surface area contributed by atoms with Gasteiger partial charge in [0.2, 0.25) is 0 Å². The third kappa shape index (κ3) is 9.10. The molecule has 2 aliphatic rings. The smallest absolute Gasteiger partial charge is 0.335 e. The zero-order valence-electron chi connectivity index (χ0n) is 29.1. The molecule has 0 unspecified atom stereocenters. The largest absolute Gasteiger partial charge is 0.507 e. The molecule has 0 bridgehead atoms. The number of allylic oxidation sites excluding steroid dienone is 4. The molecule has 0 atom stereocenters. The fourth-order valence-electron chi connectivity index (χ4n) is 6.90. The number of aromatic hydroxyl groups is 1. The van der Waals surface area contributed by atoms with Gasteiger partial charge < -0.3 is 24.8 Å². The van der Waals surface area contributed by atoms with Crippen molar-refractivity contribution in [3.05, 3.63) is 157 Å². The highest BCUT2D eigenvalue weighted by Crippen LogP contribution is 2.45. The Kier molecular flexibility index (Phi) is 12.2. The molecule has 9 heteroatoms. The molecule has 0 radical (unpaired) electrons. The van der Waals surface area contributed by atoms with Gasteiger partial charge in [-0.2, -0.15) is 0 Å². The number of carbonyl (C=O) groups is 2. The molecule has 270 valence electrons. The summed E-state index contributed by atoms with van der Waals surface area (Å²) in [5.74, 6) is 0.0625. The van der Waals surface area contributed by atoms with Crippen molar-refractivity contribution in [1.29, 1.82) is 0 Å². The number of hydrogen-bond donors (Lipinski definition) is 3. The maximum Gasteiger partial charge on any atom is 0.335 e. The van der Waals surface area contributed by atoms with Gasteiger partial charge in [-0.05, 0) is 150 Å². The Balaban J connectivity index is 0.000000192. The van der Waals surface area contributed by atoms with Crippen molar-refractivity contribution < 1.29 is 34.4 Å². The van der Waals surface area contributed by atoms with Gasteiger partial charge in [0.25, 0.3) is 0 Å². The predicted octanol–water partition coefficient (Wildman–Crippen LogP) is 11.8. The molecular formula is C44H38Br2O7. The Labute approximate surface area is 325 Å². The highest BCUT2D eigenvalue weighted by Gasteiger charge is 2.23. The van der Waals surface area contributed by atoms with E-state index in [-0.39, 0.29) is 11.3 Å². The van der Waals surface area contributed by atoms with Gasteiger partial charge in [-0.1, -0.05) is 68.3 Å². The Hall–Kier alpha value is -5.12. The molecule has 0 spiro atoms. The van der Waals surface area contributed by atoms with Gasteiger partial charge in [0.15, 0.2) is 0 Å². The van der Waals surface area contributed by atoms with Crippen molar-refractivity contribution in [3.63, 3.8) is 0 Å². The molecular weight excluding hydrogens is 800 g/mol. The lowest BCUT2D eigenvalue weighted by Crippen LogP contribution is -2.00. The summed E-state index contributed by atoms with van der Waals surface area (Å²) in [4.78, 5) is 22.6. The SMILES string of the molecule is COc1ccc(COc2ccc(Br)cc2C2=C(c3cccc(C(=O)O)c3)CCC2)cc1.O=C(O)c1cccc(C2=C(c3cc(Br)ccc3O)CCC2)c1. The third-order valence-corrected chi connectivity index (χ3v) is 10.4. The van der Waals surface area contributed by atoms with Crippen LogP contribution in [0.15, 0.2) is 118 Å². The minimum absolute atomic E-state index is 0.256. The molecule has 7 rings (SSSR count). The lowest BCUT2D eigenvalue weighted by atomic mass is 9.95. The minimum atomic E-state index is -0.924. The van der Waals surface area contributed by atoms with Crippen LogP contribution in [-0.4, -0.2) is 34.4 Å². The Morgan fingerprint density at radius 2 is 1.13 bits per heavy atom. The van der Waals surface area contributed by atoms with Crippen molar-refractivity contribution in [2.45, 2.75) is 45.1 Å². The van der Waals surface area contributed by atoms with Gasteiger partial charge in [0.1, 0.15) is 23.9 Å². The lowest BCUT2D eigenvalue weighted by molar-refractivity contribution is 0.0686. The van der Waals surface area contributed by atoms with Gasteiger partial charge in [-0.3, -0.25) is 0 Å². The summed E-state index contributed by atoms with van der Waals surface area (Å²) >= 11 is 7.03. The number of aromatic carboxylic acids is 2. The van der Waals surface area contributed by atoms with E-state index in [1.165, 1.54) is 11.1 Å². The number of phenolic OH excluding ortho intramolecular Hbond substituents is 1. The number of halogens is 2. The summed E-state index contributed by atoms with van der Waals surface area (Å²) in [6, 6.07) is 33.5. The molecule has 0 heterocycles. The standard InChI is InChI=1S/C26H23BrO4.C18H15BrO3/c1-30-21-11-8-17(9-12-21)16-31-25-13-10-20(27)15-24(25)23-7-3-6-22(23)18-4-2-5-19(14-18)26(28)29;19-13-7-8-17(20)16(10-13)15-6-2-5-14(15)11-3-1-4-12(9-11)18(21)22/h2,4-5,8-15H,3,6-7,16H2,1H3,(H,28,29);1,3-4,7-10,20H,2,5-6H2,(H,21,22). The van der Waals surface area contributed by atoms with E-state index in [2.05, 4.69) is 37.9 Å². The number of methoxy groups -OCH3 is 1. The molecule has 0 aromatic heterocycles. The molecule has 5 aromatic rings. The average molecular weight is 839 g/mol. The van der Waals surface area contributed by atoms with Crippen molar-refractivity contribution in [1.82, 2.24) is 0 Å². The predicted molar refractivity (Wildman–Crippen MR) is 215 cm³/mol. The van der Waals surface area contributed by atoms with E-state index in [1.807, 2.05) is 60.7 Å². The number of ether oxygens (including phenoxy) is 2. The number of rotatable bonds is 10. The number of hydrogen-bond acceptors (Lipinski definition) is 5. The second kappa shape index (κ2) is 17.1. The van der Waals surface area contributed by atoms with Crippen LogP contribution in [0.25, 0.3) is 22.3 Å². The molecule has 53 heavy (non-hydrogen) atoms. The normalized spacial score (nSPS) is 13.8. The molecule has 5 aromatic carbocycles. The van der Waals surface area contributed by atoms with E-state index in [9.17, 15) is 19.8 Å². The first-order valence-electron chi connectivity index (χ1n) is 17.3. The van der Waals surface area contributed by atoms with Crippen LogP contribution in [0.2, 0.25) is 0 Å².